The molecule has 3 nitrogen and oxygen atoms in total. The van der Waals surface area contributed by atoms with Crippen molar-refractivity contribution in [1.82, 2.24) is 0 Å². The molecule has 1 saturated heterocycles. The lowest BCUT2D eigenvalue weighted by molar-refractivity contribution is -0.149. The number of hydrogen-bond acceptors (Lipinski definition) is 3. The predicted molar refractivity (Wildman–Crippen MR) is 67.6 cm³/mol. The van der Waals surface area contributed by atoms with Crippen LogP contribution in [0.3, 0.4) is 0 Å². The van der Waals surface area contributed by atoms with Gasteiger partial charge in [-0.2, -0.15) is 0 Å². The lowest BCUT2D eigenvalue weighted by Gasteiger charge is -2.13. The van der Waals surface area contributed by atoms with Crippen LogP contribution in [-0.2, 0) is 9.53 Å². The van der Waals surface area contributed by atoms with Gasteiger partial charge in [0.05, 0.1) is 12.5 Å². The van der Waals surface area contributed by atoms with E-state index in [2.05, 4.69) is 11.8 Å². The first-order valence-electron chi connectivity index (χ1n) is 6.18. The van der Waals surface area contributed by atoms with Gasteiger partial charge in [0.25, 0.3) is 0 Å². The van der Waals surface area contributed by atoms with Gasteiger partial charge in [0.15, 0.2) is 0 Å². The largest absolute Gasteiger partial charge is 0.465 e. The molecule has 1 heterocycles. The van der Waals surface area contributed by atoms with Gasteiger partial charge in [0, 0.05) is 5.56 Å². The van der Waals surface area contributed by atoms with E-state index in [-0.39, 0.29) is 5.97 Å². The highest BCUT2D eigenvalue weighted by molar-refractivity contribution is 5.74. The highest BCUT2D eigenvalue weighted by Crippen LogP contribution is 2.18. The molecule has 0 radical (unpaired) electrons. The summed E-state index contributed by atoms with van der Waals surface area (Å²) >= 11 is 0. The fourth-order valence-corrected chi connectivity index (χ4v) is 1.93. The molecule has 94 valence electrons. The number of carbonyl (C=O) groups is 1. The van der Waals surface area contributed by atoms with Crippen molar-refractivity contribution in [3.05, 3.63) is 35.9 Å². The Balaban J connectivity index is 2.05. The van der Waals surface area contributed by atoms with Crippen molar-refractivity contribution in [1.29, 1.82) is 0 Å². The second-order valence-electron chi connectivity index (χ2n) is 4.35. The zero-order chi connectivity index (χ0) is 12.8. The van der Waals surface area contributed by atoms with Crippen molar-refractivity contribution in [3.8, 4) is 11.8 Å². The Morgan fingerprint density at radius 3 is 2.83 bits per heavy atom. The molecule has 2 atom stereocenters. The molecule has 3 heteroatoms. The zero-order valence-electron chi connectivity index (χ0n) is 10.1. The molecule has 0 unspecified atom stereocenters. The first kappa shape index (κ1) is 12.7. The third-order valence-corrected chi connectivity index (χ3v) is 2.98. The first-order valence-corrected chi connectivity index (χ1v) is 6.18. The molecule has 0 saturated carbocycles. The molecule has 1 N–H and O–H groups in total. The standard InChI is InChI=1S/C15H16O3/c16-14(10-9-12-6-2-1-3-7-12)13-8-4-5-11-18-15(13)17/h1-3,6-7,13-14,16H,4-5,8,11H2/t13-,14-/m0/s1. The number of esters is 1. The summed E-state index contributed by atoms with van der Waals surface area (Å²) in [6, 6.07) is 9.41. The van der Waals surface area contributed by atoms with Gasteiger partial charge in [-0.05, 0) is 31.4 Å². The van der Waals surface area contributed by atoms with Gasteiger partial charge in [0.1, 0.15) is 6.10 Å². The van der Waals surface area contributed by atoms with Crippen molar-refractivity contribution in [3.63, 3.8) is 0 Å². The van der Waals surface area contributed by atoms with Crippen molar-refractivity contribution in [2.24, 2.45) is 5.92 Å². The Labute approximate surface area is 107 Å². The molecule has 2 rings (SSSR count). The Morgan fingerprint density at radius 1 is 1.28 bits per heavy atom. The zero-order valence-corrected chi connectivity index (χ0v) is 10.1. The smallest absolute Gasteiger partial charge is 0.312 e. The van der Waals surface area contributed by atoms with Crippen LogP contribution in [0.2, 0.25) is 0 Å². The van der Waals surface area contributed by atoms with Crippen LogP contribution in [0.5, 0.6) is 0 Å². The number of rotatable bonds is 1. The quantitative estimate of drug-likeness (QED) is 0.604. The topological polar surface area (TPSA) is 46.5 Å². The van der Waals surface area contributed by atoms with Crippen LogP contribution in [0.15, 0.2) is 30.3 Å². The number of cyclic esters (lactones) is 1. The molecule has 1 aliphatic rings. The Bertz CT molecular complexity index is 456. The van der Waals surface area contributed by atoms with E-state index < -0.39 is 12.0 Å². The molecule has 0 amide bonds. The molecule has 1 aromatic rings. The number of hydrogen-bond donors (Lipinski definition) is 1. The third-order valence-electron chi connectivity index (χ3n) is 2.98. The maximum absolute atomic E-state index is 11.6. The summed E-state index contributed by atoms with van der Waals surface area (Å²) in [4.78, 5) is 11.6. The monoisotopic (exact) mass is 244 g/mol. The average molecular weight is 244 g/mol. The molecular weight excluding hydrogens is 228 g/mol. The van der Waals surface area contributed by atoms with Crippen LogP contribution < -0.4 is 0 Å². The Kier molecular flexibility index (Phi) is 4.38. The number of ether oxygens (including phenoxy) is 1. The summed E-state index contributed by atoms with van der Waals surface area (Å²) in [6.45, 7) is 0.453. The fraction of sp³-hybridized carbons (Fsp3) is 0.400. The van der Waals surface area contributed by atoms with Gasteiger partial charge in [-0.1, -0.05) is 30.0 Å². The van der Waals surface area contributed by atoms with Crippen LogP contribution in [0.1, 0.15) is 24.8 Å². The van der Waals surface area contributed by atoms with Crippen LogP contribution in [-0.4, -0.2) is 23.8 Å². The lowest BCUT2D eigenvalue weighted by atomic mass is 9.97. The maximum Gasteiger partial charge on any atom is 0.312 e. The van der Waals surface area contributed by atoms with E-state index in [0.717, 1.165) is 18.4 Å². The van der Waals surface area contributed by atoms with E-state index in [4.69, 9.17) is 4.74 Å². The Hall–Kier alpha value is -1.79. The van der Waals surface area contributed by atoms with Crippen molar-refractivity contribution in [2.45, 2.75) is 25.4 Å². The molecular formula is C15H16O3. The highest BCUT2D eigenvalue weighted by atomic mass is 16.5. The molecule has 1 fully saturated rings. The van der Waals surface area contributed by atoms with Gasteiger partial charge >= 0.3 is 5.97 Å². The first-order chi connectivity index (χ1) is 8.77. The summed E-state index contributed by atoms with van der Waals surface area (Å²) in [5, 5.41) is 9.96. The van der Waals surface area contributed by atoms with E-state index in [0.29, 0.717) is 13.0 Å². The predicted octanol–water partition coefficient (Wildman–Crippen LogP) is 1.74. The van der Waals surface area contributed by atoms with Crippen LogP contribution in [0.25, 0.3) is 0 Å². The van der Waals surface area contributed by atoms with E-state index >= 15 is 0 Å². The minimum Gasteiger partial charge on any atom is -0.465 e. The van der Waals surface area contributed by atoms with E-state index in [1.165, 1.54) is 0 Å². The summed E-state index contributed by atoms with van der Waals surface area (Å²) < 4.78 is 5.02. The molecule has 1 aliphatic heterocycles. The summed E-state index contributed by atoms with van der Waals surface area (Å²) in [5.41, 5.74) is 0.832. The third kappa shape index (κ3) is 3.35. The average Bonchev–Trinajstić information content (AvgIpc) is 2.62. The van der Waals surface area contributed by atoms with E-state index in [1.54, 1.807) is 0 Å². The minimum absolute atomic E-state index is 0.331. The molecule has 0 bridgehead atoms. The fourth-order valence-electron chi connectivity index (χ4n) is 1.93. The Morgan fingerprint density at radius 2 is 2.06 bits per heavy atom. The van der Waals surface area contributed by atoms with Gasteiger partial charge in [-0.25, -0.2) is 0 Å². The highest BCUT2D eigenvalue weighted by Gasteiger charge is 2.28. The molecule has 1 aromatic carbocycles. The minimum atomic E-state index is -0.948. The van der Waals surface area contributed by atoms with Crippen molar-refractivity contribution >= 4 is 5.97 Å². The molecule has 0 spiro atoms. The summed E-state index contributed by atoms with van der Waals surface area (Å²) in [6.07, 6.45) is 1.45. The van der Waals surface area contributed by atoms with Gasteiger partial charge in [-0.15, -0.1) is 0 Å². The van der Waals surface area contributed by atoms with Crippen LogP contribution >= 0.6 is 0 Å². The van der Waals surface area contributed by atoms with Gasteiger partial charge < -0.3 is 9.84 Å². The molecule has 18 heavy (non-hydrogen) atoms. The molecule has 0 aromatic heterocycles. The molecule has 0 aliphatic carbocycles. The van der Waals surface area contributed by atoms with Crippen molar-refractivity contribution < 1.29 is 14.6 Å². The maximum atomic E-state index is 11.6. The lowest BCUT2D eigenvalue weighted by Crippen LogP contribution is -2.27. The number of aliphatic hydroxyl groups is 1. The second kappa shape index (κ2) is 6.23. The summed E-state index contributed by atoms with van der Waals surface area (Å²) in [5.74, 6) is 4.76. The van der Waals surface area contributed by atoms with Gasteiger partial charge in [0.2, 0.25) is 0 Å². The van der Waals surface area contributed by atoms with E-state index in [1.807, 2.05) is 30.3 Å². The number of benzene rings is 1. The van der Waals surface area contributed by atoms with Crippen LogP contribution in [0, 0.1) is 17.8 Å². The van der Waals surface area contributed by atoms with Crippen LogP contribution in [0.4, 0.5) is 0 Å². The SMILES string of the molecule is O=C1OCCCC[C@H]1[C@@H](O)C#Cc1ccccc1. The second-order valence-corrected chi connectivity index (χ2v) is 4.35. The van der Waals surface area contributed by atoms with Gasteiger partial charge in [-0.3, -0.25) is 4.79 Å². The normalized spacial score (nSPS) is 21.2. The van der Waals surface area contributed by atoms with Crippen molar-refractivity contribution in [2.75, 3.05) is 6.61 Å². The van der Waals surface area contributed by atoms with E-state index in [9.17, 15) is 9.90 Å². The summed E-state index contributed by atoms with van der Waals surface area (Å²) in [7, 11) is 0. The number of carbonyl (C=O) groups excluding carboxylic acids is 1. The number of aliphatic hydroxyl groups excluding tert-OH is 1.